The maximum absolute atomic E-state index is 12.3. The molecule has 0 atom stereocenters. The summed E-state index contributed by atoms with van der Waals surface area (Å²) < 4.78 is 12.1. The zero-order valence-corrected chi connectivity index (χ0v) is 17.5. The molecule has 0 aliphatic carbocycles. The van der Waals surface area contributed by atoms with Crippen LogP contribution in [0.15, 0.2) is 88.9 Å². The van der Waals surface area contributed by atoms with Crippen molar-refractivity contribution >= 4 is 33.7 Å². The molecule has 0 fully saturated rings. The van der Waals surface area contributed by atoms with Crippen molar-refractivity contribution in [2.45, 2.75) is 13.5 Å². The van der Waals surface area contributed by atoms with Crippen LogP contribution in [0.2, 0.25) is 0 Å². The molecule has 0 N–H and O–H groups in total. The van der Waals surface area contributed by atoms with E-state index in [0.717, 1.165) is 32.5 Å². The fourth-order valence-corrected chi connectivity index (χ4v) is 3.50. The van der Waals surface area contributed by atoms with E-state index >= 15 is 0 Å². The van der Waals surface area contributed by atoms with Gasteiger partial charge in [-0.25, -0.2) is 4.79 Å². The van der Waals surface area contributed by atoms with Crippen LogP contribution in [-0.2, 0) is 16.1 Å². The van der Waals surface area contributed by atoms with Gasteiger partial charge in [-0.3, -0.25) is 0 Å². The number of ether oxygens (including phenoxy) is 2. The van der Waals surface area contributed by atoms with Crippen LogP contribution in [0.3, 0.4) is 0 Å². The van der Waals surface area contributed by atoms with Gasteiger partial charge in [0, 0.05) is 5.56 Å². The van der Waals surface area contributed by atoms with E-state index in [4.69, 9.17) is 9.47 Å². The molecular formula is C25H19BrO3. The summed E-state index contributed by atoms with van der Waals surface area (Å²) in [5.41, 5.74) is 4.56. The highest BCUT2D eigenvalue weighted by molar-refractivity contribution is 9.10. The lowest BCUT2D eigenvalue weighted by atomic mass is 10.1. The smallest absolute Gasteiger partial charge is 0.343 e. The van der Waals surface area contributed by atoms with Crippen molar-refractivity contribution < 1.29 is 14.3 Å². The molecule has 0 saturated carbocycles. The molecule has 0 amide bonds. The number of benzene rings is 3. The fraction of sp³-hybridized carbons (Fsp3) is 0.0800. The topological polar surface area (TPSA) is 35.5 Å². The fourth-order valence-electron chi connectivity index (χ4n) is 2.99. The number of hydrogen-bond donors (Lipinski definition) is 0. The van der Waals surface area contributed by atoms with Gasteiger partial charge in [0.25, 0.3) is 0 Å². The summed E-state index contributed by atoms with van der Waals surface area (Å²) in [5, 5.41) is 0. The average molecular weight is 447 g/mol. The molecule has 0 radical (unpaired) electrons. The normalized spacial score (nSPS) is 14.6. The molecule has 0 saturated heterocycles. The van der Waals surface area contributed by atoms with E-state index in [-0.39, 0.29) is 5.97 Å². The highest BCUT2D eigenvalue weighted by atomic mass is 79.9. The van der Waals surface area contributed by atoms with Gasteiger partial charge >= 0.3 is 5.97 Å². The van der Waals surface area contributed by atoms with Gasteiger partial charge in [0.2, 0.25) is 0 Å². The Hall–Kier alpha value is -3.11. The molecule has 0 aromatic heterocycles. The number of carbonyl (C=O) groups is 1. The molecule has 3 aromatic carbocycles. The minimum Gasteiger partial charge on any atom is -0.488 e. The highest BCUT2D eigenvalue weighted by Gasteiger charge is 2.22. The highest BCUT2D eigenvalue weighted by Crippen LogP contribution is 2.30. The molecule has 4 heteroatoms. The minimum atomic E-state index is -0.346. The van der Waals surface area contributed by atoms with Crippen LogP contribution in [-0.4, -0.2) is 5.97 Å². The number of hydrogen-bond acceptors (Lipinski definition) is 3. The van der Waals surface area contributed by atoms with Crippen LogP contribution >= 0.6 is 15.9 Å². The monoisotopic (exact) mass is 446 g/mol. The van der Waals surface area contributed by atoms with Crippen LogP contribution in [0.25, 0.3) is 11.8 Å². The summed E-state index contributed by atoms with van der Waals surface area (Å²) in [5.74, 6) is 0.977. The first-order valence-electron chi connectivity index (χ1n) is 9.27. The Morgan fingerprint density at radius 1 is 1.00 bits per heavy atom. The molecule has 4 rings (SSSR count). The van der Waals surface area contributed by atoms with Crippen molar-refractivity contribution in [3.63, 3.8) is 0 Å². The third kappa shape index (κ3) is 4.66. The first kappa shape index (κ1) is 19.2. The third-order valence-electron chi connectivity index (χ3n) is 4.58. The number of carbonyl (C=O) groups excluding carboxylic acids is 1. The van der Waals surface area contributed by atoms with Gasteiger partial charge < -0.3 is 9.47 Å². The largest absolute Gasteiger partial charge is 0.488 e. The van der Waals surface area contributed by atoms with Crippen molar-refractivity contribution in [3.05, 3.63) is 111 Å². The SMILES string of the molecule is Cc1ccc(C2=C/C(=C\c3ccc(OCc4ccccc4)c(Br)c3)C(=O)O2)cc1. The number of cyclic esters (lactones) is 1. The van der Waals surface area contributed by atoms with E-state index in [9.17, 15) is 4.79 Å². The quantitative estimate of drug-likeness (QED) is 0.339. The van der Waals surface area contributed by atoms with Crippen LogP contribution in [0.4, 0.5) is 0 Å². The summed E-state index contributed by atoms with van der Waals surface area (Å²) in [6.07, 6.45) is 3.59. The molecule has 1 aliphatic heterocycles. The van der Waals surface area contributed by atoms with Crippen molar-refractivity contribution in [2.24, 2.45) is 0 Å². The van der Waals surface area contributed by atoms with Gasteiger partial charge in [0.05, 0.1) is 10.0 Å². The average Bonchev–Trinajstić information content (AvgIpc) is 3.09. The van der Waals surface area contributed by atoms with Crippen molar-refractivity contribution in [2.75, 3.05) is 0 Å². The minimum absolute atomic E-state index is 0.346. The van der Waals surface area contributed by atoms with Crippen molar-refractivity contribution in [1.29, 1.82) is 0 Å². The summed E-state index contributed by atoms with van der Waals surface area (Å²) in [6, 6.07) is 23.6. The Balaban J connectivity index is 1.51. The Morgan fingerprint density at radius 2 is 1.76 bits per heavy atom. The zero-order chi connectivity index (χ0) is 20.2. The van der Waals surface area contributed by atoms with Gasteiger partial charge in [0.1, 0.15) is 18.1 Å². The Bertz CT molecular complexity index is 1100. The molecule has 3 aromatic rings. The summed E-state index contributed by atoms with van der Waals surface area (Å²) >= 11 is 3.55. The molecule has 1 aliphatic rings. The lowest BCUT2D eigenvalue weighted by Gasteiger charge is -2.09. The second-order valence-electron chi connectivity index (χ2n) is 6.83. The van der Waals surface area contributed by atoms with Gasteiger partial charge in [0.15, 0.2) is 0 Å². The standard InChI is InChI=1S/C25H19BrO3/c1-17-7-10-20(11-8-17)24-15-21(25(27)29-24)13-19-9-12-23(22(26)14-19)28-16-18-5-3-2-4-6-18/h2-15H,16H2,1H3/b21-13+. The summed E-state index contributed by atoms with van der Waals surface area (Å²) in [4.78, 5) is 12.3. The maximum atomic E-state index is 12.3. The molecule has 0 bridgehead atoms. The molecule has 1 heterocycles. The second-order valence-corrected chi connectivity index (χ2v) is 7.68. The molecule has 0 spiro atoms. The Kier molecular flexibility index (Phi) is 5.63. The maximum Gasteiger partial charge on any atom is 0.343 e. The van der Waals surface area contributed by atoms with E-state index in [0.29, 0.717) is 17.9 Å². The van der Waals surface area contributed by atoms with Crippen molar-refractivity contribution in [3.8, 4) is 5.75 Å². The number of halogens is 1. The van der Waals surface area contributed by atoms with Gasteiger partial charge in [-0.1, -0.05) is 66.2 Å². The van der Waals surface area contributed by atoms with E-state index in [1.807, 2.05) is 85.8 Å². The number of esters is 1. The van der Waals surface area contributed by atoms with E-state index in [1.54, 1.807) is 6.08 Å². The van der Waals surface area contributed by atoms with E-state index < -0.39 is 0 Å². The zero-order valence-electron chi connectivity index (χ0n) is 15.9. The Morgan fingerprint density at radius 3 is 2.48 bits per heavy atom. The summed E-state index contributed by atoms with van der Waals surface area (Å²) in [7, 11) is 0. The molecule has 0 unspecified atom stereocenters. The van der Waals surface area contributed by atoms with E-state index in [1.165, 1.54) is 0 Å². The number of rotatable bonds is 5. The predicted molar refractivity (Wildman–Crippen MR) is 118 cm³/mol. The second kappa shape index (κ2) is 8.50. The number of aryl methyl sites for hydroxylation is 1. The van der Waals surface area contributed by atoms with Crippen LogP contribution in [0, 0.1) is 6.92 Å². The molecular weight excluding hydrogens is 428 g/mol. The van der Waals surface area contributed by atoms with Gasteiger partial charge in [-0.2, -0.15) is 0 Å². The molecule has 3 nitrogen and oxygen atoms in total. The lowest BCUT2D eigenvalue weighted by Crippen LogP contribution is -1.97. The molecule has 144 valence electrons. The van der Waals surface area contributed by atoms with Crippen LogP contribution < -0.4 is 4.74 Å². The lowest BCUT2D eigenvalue weighted by molar-refractivity contribution is -0.130. The predicted octanol–water partition coefficient (Wildman–Crippen LogP) is 6.32. The van der Waals surface area contributed by atoms with Gasteiger partial charge in [-0.15, -0.1) is 0 Å². The first-order valence-corrected chi connectivity index (χ1v) is 10.1. The van der Waals surface area contributed by atoms with Crippen LogP contribution in [0.1, 0.15) is 22.3 Å². The van der Waals surface area contributed by atoms with Crippen molar-refractivity contribution in [1.82, 2.24) is 0 Å². The molecule has 29 heavy (non-hydrogen) atoms. The first-order chi connectivity index (χ1) is 14.1. The third-order valence-corrected chi connectivity index (χ3v) is 5.20. The van der Waals surface area contributed by atoms with Crippen LogP contribution in [0.5, 0.6) is 5.75 Å². The summed E-state index contributed by atoms with van der Waals surface area (Å²) in [6.45, 7) is 2.52. The van der Waals surface area contributed by atoms with Gasteiger partial charge in [-0.05, 0) is 58.3 Å². The Labute approximate surface area is 178 Å². The van der Waals surface area contributed by atoms with E-state index in [2.05, 4.69) is 15.9 Å².